The van der Waals surface area contributed by atoms with Crippen LogP contribution in [0.4, 0.5) is 10.6 Å². The number of nitrogens with one attached hydrogen (secondary N) is 1. The number of hydrogen-bond donors (Lipinski definition) is 1. The lowest BCUT2D eigenvalue weighted by atomic mass is 10.1. The van der Waals surface area contributed by atoms with Gasteiger partial charge in [0.1, 0.15) is 11.4 Å². The molecule has 1 aromatic heterocycles. The molecule has 1 N–H and O–H groups in total. The average molecular weight is 386 g/mol. The minimum Gasteiger partial charge on any atom is -0.481 e. The second-order valence-electron chi connectivity index (χ2n) is 7.26. The Kier molecular flexibility index (Phi) is 5.94. The number of rotatable bonds is 4. The maximum atomic E-state index is 12.2. The van der Waals surface area contributed by atoms with E-state index in [1.165, 1.54) is 13.2 Å². The Morgan fingerprint density at radius 1 is 1.35 bits per heavy atom. The average Bonchev–Trinajstić information content (AvgIpc) is 2.52. The normalized spacial score (nSPS) is 18.3. The molecule has 2 rings (SSSR count). The summed E-state index contributed by atoms with van der Waals surface area (Å²) in [5.41, 5.74) is -0.554. The van der Waals surface area contributed by atoms with Gasteiger partial charge in [0.15, 0.2) is 0 Å². The van der Waals surface area contributed by atoms with E-state index in [0.29, 0.717) is 18.9 Å². The van der Waals surface area contributed by atoms with Gasteiger partial charge in [-0.2, -0.15) is 4.98 Å². The molecular weight excluding hydrogens is 360 g/mol. The maximum Gasteiger partial charge on any atom is 0.410 e. The second-order valence-corrected chi connectivity index (χ2v) is 9.17. The van der Waals surface area contributed by atoms with Crippen LogP contribution in [0, 0.1) is 0 Å². The highest BCUT2D eigenvalue weighted by molar-refractivity contribution is 7.90. The van der Waals surface area contributed by atoms with Gasteiger partial charge in [0, 0.05) is 31.5 Å². The topological polar surface area (TPSA) is 111 Å². The van der Waals surface area contributed by atoms with Gasteiger partial charge in [-0.25, -0.2) is 18.2 Å². The Bertz CT molecular complexity index is 760. The molecule has 1 atom stereocenters. The van der Waals surface area contributed by atoms with E-state index in [1.807, 2.05) is 20.8 Å². The van der Waals surface area contributed by atoms with Crippen molar-refractivity contribution in [3.05, 3.63) is 6.07 Å². The minimum atomic E-state index is -3.57. The third kappa shape index (κ3) is 5.72. The number of carbonyl (C=O) groups excluding carboxylic acids is 1. The number of anilines is 1. The fraction of sp³-hybridized carbons (Fsp3) is 0.688. The summed E-state index contributed by atoms with van der Waals surface area (Å²) < 4.78 is 33.9. The summed E-state index contributed by atoms with van der Waals surface area (Å²) in [6.07, 6.45) is 2.30. The van der Waals surface area contributed by atoms with E-state index in [-0.39, 0.29) is 23.2 Å². The molecule has 0 radical (unpaired) electrons. The van der Waals surface area contributed by atoms with Crippen LogP contribution in [0.25, 0.3) is 0 Å². The number of methoxy groups -OCH3 is 1. The van der Waals surface area contributed by atoms with Gasteiger partial charge in [0.05, 0.1) is 7.11 Å². The van der Waals surface area contributed by atoms with E-state index < -0.39 is 15.4 Å². The molecule has 1 aliphatic heterocycles. The summed E-state index contributed by atoms with van der Waals surface area (Å²) in [6.45, 7) is 6.53. The summed E-state index contributed by atoms with van der Waals surface area (Å²) in [5.74, 6) is 0.496. The molecular formula is C16H26N4O5S. The number of aromatic nitrogens is 2. The minimum absolute atomic E-state index is 0.0803. The molecule has 9 nitrogen and oxygen atoms in total. The molecule has 0 aromatic carbocycles. The molecule has 10 heteroatoms. The fourth-order valence-corrected chi connectivity index (χ4v) is 3.06. The van der Waals surface area contributed by atoms with Crippen LogP contribution in [0.5, 0.6) is 5.88 Å². The van der Waals surface area contributed by atoms with Crippen LogP contribution in [0.1, 0.15) is 33.6 Å². The second kappa shape index (κ2) is 7.65. The largest absolute Gasteiger partial charge is 0.481 e. The van der Waals surface area contributed by atoms with E-state index in [2.05, 4.69) is 15.3 Å². The van der Waals surface area contributed by atoms with Crippen molar-refractivity contribution in [2.75, 3.05) is 31.8 Å². The molecule has 0 saturated carbocycles. The quantitative estimate of drug-likeness (QED) is 0.779. The lowest BCUT2D eigenvalue weighted by Crippen LogP contribution is -2.47. The first-order chi connectivity index (χ1) is 12.0. The molecule has 0 unspecified atom stereocenters. The summed E-state index contributed by atoms with van der Waals surface area (Å²) in [5, 5.41) is 2.86. The van der Waals surface area contributed by atoms with Crippen molar-refractivity contribution in [1.82, 2.24) is 14.9 Å². The molecule has 146 valence electrons. The summed E-state index contributed by atoms with van der Waals surface area (Å²) in [7, 11) is -2.16. The van der Waals surface area contributed by atoms with Crippen molar-refractivity contribution in [1.29, 1.82) is 0 Å². The monoisotopic (exact) mass is 386 g/mol. The number of likely N-dealkylation sites (tertiary alicyclic amines) is 1. The van der Waals surface area contributed by atoms with Crippen molar-refractivity contribution in [3.63, 3.8) is 0 Å². The Labute approximate surface area is 154 Å². The van der Waals surface area contributed by atoms with E-state index in [1.54, 1.807) is 4.90 Å². The van der Waals surface area contributed by atoms with Gasteiger partial charge in [-0.1, -0.05) is 0 Å². The third-order valence-electron chi connectivity index (χ3n) is 3.65. The fourth-order valence-electron chi connectivity index (χ4n) is 2.54. The zero-order valence-electron chi connectivity index (χ0n) is 15.8. The summed E-state index contributed by atoms with van der Waals surface area (Å²) in [4.78, 5) is 21.8. The van der Waals surface area contributed by atoms with Gasteiger partial charge in [0.25, 0.3) is 5.16 Å². The Morgan fingerprint density at radius 3 is 2.62 bits per heavy atom. The first kappa shape index (κ1) is 20.2. The maximum absolute atomic E-state index is 12.2. The summed E-state index contributed by atoms with van der Waals surface area (Å²) >= 11 is 0. The predicted molar refractivity (Wildman–Crippen MR) is 96.1 cm³/mol. The van der Waals surface area contributed by atoms with Gasteiger partial charge in [-0.3, -0.25) is 0 Å². The first-order valence-corrected chi connectivity index (χ1v) is 10.2. The number of carbonyl (C=O) groups is 1. The molecule has 1 amide bonds. The van der Waals surface area contributed by atoms with E-state index in [9.17, 15) is 13.2 Å². The van der Waals surface area contributed by atoms with Crippen molar-refractivity contribution in [2.45, 2.75) is 50.4 Å². The Morgan fingerprint density at radius 2 is 2.04 bits per heavy atom. The van der Waals surface area contributed by atoms with Crippen LogP contribution < -0.4 is 10.1 Å². The van der Waals surface area contributed by atoms with Crippen molar-refractivity contribution >= 4 is 21.7 Å². The SMILES string of the molecule is COc1cc(N[C@@H]2CCCN(C(=O)OC(C)(C)C)C2)nc(S(C)(=O)=O)n1. The molecule has 1 saturated heterocycles. The van der Waals surface area contributed by atoms with Crippen LogP contribution >= 0.6 is 0 Å². The Balaban J connectivity index is 2.12. The molecule has 2 heterocycles. The van der Waals surface area contributed by atoms with Crippen molar-refractivity contribution < 1.29 is 22.7 Å². The molecule has 1 aromatic rings. The Hall–Kier alpha value is -2.10. The third-order valence-corrected chi connectivity index (χ3v) is 4.49. The smallest absolute Gasteiger partial charge is 0.410 e. The van der Waals surface area contributed by atoms with Crippen LogP contribution in [0.3, 0.4) is 0 Å². The number of nitrogens with zero attached hydrogens (tertiary/aromatic N) is 3. The van der Waals surface area contributed by atoms with Gasteiger partial charge < -0.3 is 19.7 Å². The van der Waals surface area contributed by atoms with Crippen molar-refractivity contribution in [2.24, 2.45) is 0 Å². The highest BCUT2D eigenvalue weighted by Gasteiger charge is 2.28. The summed E-state index contributed by atoms with van der Waals surface area (Å²) in [6, 6.07) is 1.45. The zero-order valence-corrected chi connectivity index (χ0v) is 16.6. The number of ether oxygens (including phenoxy) is 2. The molecule has 1 fully saturated rings. The number of hydrogen-bond acceptors (Lipinski definition) is 8. The highest BCUT2D eigenvalue weighted by Crippen LogP contribution is 2.21. The zero-order chi connectivity index (χ0) is 19.5. The van der Waals surface area contributed by atoms with Gasteiger partial charge in [-0.15, -0.1) is 0 Å². The lowest BCUT2D eigenvalue weighted by Gasteiger charge is -2.34. The molecule has 0 spiro atoms. The first-order valence-electron chi connectivity index (χ1n) is 8.35. The number of amides is 1. The van der Waals surface area contributed by atoms with Gasteiger partial charge >= 0.3 is 6.09 Å². The molecule has 0 aliphatic carbocycles. The van der Waals surface area contributed by atoms with Crippen LogP contribution in [0.15, 0.2) is 11.2 Å². The van der Waals surface area contributed by atoms with Gasteiger partial charge in [-0.05, 0) is 33.6 Å². The predicted octanol–water partition coefficient (Wildman–Crippen LogP) is 1.70. The standard InChI is InChI=1S/C16H26N4O5S/c1-16(2,3)25-15(21)20-8-6-7-11(10-20)17-12-9-13(24-4)19-14(18-12)26(5,22)23/h9,11H,6-8,10H2,1-5H3,(H,17,18,19)/t11-/m1/s1. The number of piperidine rings is 1. The van der Waals surface area contributed by atoms with E-state index in [0.717, 1.165) is 19.1 Å². The lowest BCUT2D eigenvalue weighted by molar-refractivity contribution is 0.0206. The van der Waals surface area contributed by atoms with Gasteiger partial charge in [0.2, 0.25) is 15.7 Å². The van der Waals surface area contributed by atoms with Crippen LogP contribution in [0.2, 0.25) is 0 Å². The van der Waals surface area contributed by atoms with E-state index >= 15 is 0 Å². The highest BCUT2D eigenvalue weighted by atomic mass is 32.2. The molecule has 1 aliphatic rings. The van der Waals surface area contributed by atoms with Crippen LogP contribution in [-0.2, 0) is 14.6 Å². The molecule has 26 heavy (non-hydrogen) atoms. The number of sulfone groups is 1. The molecule has 0 bridgehead atoms. The van der Waals surface area contributed by atoms with Crippen molar-refractivity contribution in [3.8, 4) is 5.88 Å². The van der Waals surface area contributed by atoms with Crippen LogP contribution in [-0.4, -0.2) is 67.5 Å². The van der Waals surface area contributed by atoms with E-state index in [4.69, 9.17) is 9.47 Å².